The van der Waals surface area contributed by atoms with E-state index in [4.69, 9.17) is 42.5 Å². The van der Waals surface area contributed by atoms with E-state index in [1.165, 1.54) is 0 Å². The Morgan fingerprint density at radius 3 is 1.22 bits per heavy atom. The van der Waals surface area contributed by atoms with Crippen LogP contribution in [0.4, 0.5) is 0 Å². The van der Waals surface area contributed by atoms with Crippen LogP contribution in [-0.4, -0.2) is 43.0 Å². The van der Waals surface area contributed by atoms with E-state index in [0.717, 1.165) is 44.5 Å². The summed E-state index contributed by atoms with van der Waals surface area (Å²) in [5.41, 5.74) is 5.43. The molecule has 4 atom stereocenters. The van der Waals surface area contributed by atoms with Crippen molar-refractivity contribution < 1.29 is 32.5 Å². The number of aliphatic imine (C=N–C) groups is 2. The van der Waals surface area contributed by atoms with Crippen LogP contribution in [-0.2, 0) is 56.7 Å². The highest BCUT2D eigenvalue weighted by Gasteiger charge is 2.67. The van der Waals surface area contributed by atoms with Gasteiger partial charge in [-0.15, -0.1) is 0 Å². The molecule has 4 heterocycles. The van der Waals surface area contributed by atoms with Crippen molar-refractivity contribution in [1.29, 1.82) is 0 Å². The van der Waals surface area contributed by atoms with Crippen molar-refractivity contribution in [2.75, 3.05) is 13.2 Å². The standard InChI is InChI=1S/C58H53N2O7P/c1-56(2)64-52-53(65-56)58(47-29-17-7-18-30-47,48-31-19-8-20-32-48)67-68(66-57(52,45-25-13-5-14-26-45)46-27-15-6-16-28-46)63-38-42-35-33-41(34-36-42)37-49(54-59-50(39-61-54)43-21-9-3-10-22-43)55-60-51(40-62-55)44-23-11-4-12-24-44/h3-36,49-53H,37-40H2,1-2H3/t50-,51-,52+,53+/m0/s1. The molecule has 7 aromatic rings. The van der Waals surface area contributed by atoms with Gasteiger partial charge in [0.25, 0.3) is 0 Å². The van der Waals surface area contributed by atoms with Gasteiger partial charge in [-0.2, -0.15) is 0 Å². The minimum atomic E-state index is -2.15. The van der Waals surface area contributed by atoms with Crippen LogP contribution >= 0.6 is 8.60 Å². The number of benzene rings is 7. The molecule has 68 heavy (non-hydrogen) atoms. The Balaban J connectivity index is 0.937. The van der Waals surface area contributed by atoms with Gasteiger partial charge in [-0.1, -0.05) is 206 Å². The molecule has 0 aliphatic carbocycles. The molecule has 0 saturated carbocycles. The molecule has 7 aromatic carbocycles. The highest BCUT2D eigenvalue weighted by molar-refractivity contribution is 7.41. The van der Waals surface area contributed by atoms with Gasteiger partial charge in [0.05, 0.1) is 6.61 Å². The molecule has 0 aromatic heterocycles. The van der Waals surface area contributed by atoms with Gasteiger partial charge in [-0.3, -0.25) is 9.05 Å². The molecule has 342 valence electrons. The first kappa shape index (κ1) is 44.2. The number of nitrogens with zero attached hydrogens (tertiary/aromatic N) is 2. The second kappa shape index (κ2) is 19.0. The Kier molecular flexibility index (Phi) is 12.4. The highest BCUT2D eigenvalue weighted by atomic mass is 31.2. The van der Waals surface area contributed by atoms with Crippen LogP contribution in [0.25, 0.3) is 0 Å². The van der Waals surface area contributed by atoms with Gasteiger partial charge >= 0.3 is 8.60 Å². The summed E-state index contributed by atoms with van der Waals surface area (Å²) in [6, 6.07) is 69.8. The molecular weight excluding hydrogens is 868 g/mol. The largest absolute Gasteiger partial charge is 0.478 e. The molecule has 0 bridgehead atoms. The van der Waals surface area contributed by atoms with E-state index >= 15 is 0 Å². The van der Waals surface area contributed by atoms with E-state index in [2.05, 4.69) is 97.1 Å². The number of fused-ring (bicyclic) bond motifs is 1. The molecule has 4 aliphatic rings. The third-order valence-electron chi connectivity index (χ3n) is 13.3. The lowest BCUT2D eigenvalue weighted by Gasteiger charge is -2.41. The highest BCUT2D eigenvalue weighted by Crippen LogP contribution is 2.65. The quantitative estimate of drug-likeness (QED) is 0.106. The SMILES string of the molecule is CC1(C)O[C@@H]2[C@@H](O1)C(c1ccccc1)(c1ccccc1)OP(OCc1ccc(CC(C3=N[C@H](c4ccccc4)CO3)C3=N[C@H](c4ccccc4)CO3)cc1)OC2(c1ccccc1)c1ccccc1. The van der Waals surface area contributed by atoms with E-state index in [1.54, 1.807) is 0 Å². The van der Waals surface area contributed by atoms with Crippen LogP contribution in [0.5, 0.6) is 0 Å². The molecule has 2 fully saturated rings. The molecule has 0 spiro atoms. The van der Waals surface area contributed by atoms with Crippen LogP contribution in [0.1, 0.15) is 70.4 Å². The average molecular weight is 921 g/mol. The topological polar surface area (TPSA) is 89.3 Å². The number of hydrogen-bond donors (Lipinski definition) is 0. The van der Waals surface area contributed by atoms with Gasteiger partial charge in [0.1, 0.15) is 43.4 Å². The predicted molar refractivity (Wildman–Crippen MR) is 264 cm³/mol. The van der Waals surface area contributed by atoms with E-state index in [1.807, 2.05) is 123 Å². The molecule has 0 unspecified atom stereocenters. The Hall–Kier alpha value is -6.29. The summed E-state index contributed by atoms with van der Waals surface area (Å²) in [7, 11) is -2.15. The summed E-state index contributed by atoms with van der Waals surface area (Å²) in [4.78, 5) is 10.2. The Morgan fingerprint density at radius 1 is 0.485 bits per heavy atom. The lowest BCUT2D eigenvalue weighted by Crippen LogP contribution is -2.53. The summed E-state index contributed by atoms with van der Waals surface area (Å²) in [5, 5.41) is 0. The molecule has 10 heteroatoms. The van der Waals surface area contributed by atoms with E-state index in [9.17, 15) is 0 Å². The number of hydrogen-bond acceptors (Lipinski definition) is 9. The maximum absolute atomic E-state index is 7.53. The molecule has 9 nitrogen and oxygen atoms in total. The maximum atomic E-state index is 7.53. The van der Waals surface area contributed by atoms with Crippen LogP contribution in [0.2, 0.25) is 0 Å². The molecule has 0 N–H and O–H groups in total. The predicted octanol–water partition coefficient (Wildman–Crippen LogP) is 12.4. The maximum Gasteiger partial charge on any atom is 0.335 e. The van der Waals surface area contributed by atoms with Crippen LogP contribution in [0.3, 0.4) is 0 Å². The minimum absolute atomic E-state index is 0.0928. The lowest BCUT2D eigenvalue weighted by atomic mass is 9.72. The van der Waals surface area contributed by atoms with Gasteiger partial charge in [-0.25, -0.2) is 9.98 Å². The molecule has 4 aliphatic heterocycles. The van der Waals surface area contributed by atoms with Gasteiger partial charge in [0, 0.05) is 0 Å². The first-order valence-electron chi connectivity index (χ1n) is 23.4. The summed E-state index contributed by atoms with van der Waals surface area (Å²) >= 11 is 0. The Morgan fingerprint density at radius 2 is 0.838 bits per heavy atom. The minimum Gasteiger partial charge on any atom is -0.478 e. The number of rotatable bonds is 13. The zero-order chi connectivity index (χ0) is 46.0. The fourth-order valence-electron chi connectivity index (χ4n) is 9.98. The van der Waals surface area contributed by atoms with Crippen LogP contribution < -0.4 is 0 Å². The second-order valence-corrected chi connectivity index (χ2v) is 19.1. The first-order valence-corrected chi connectivity index (χ1v) is 24.5. The van der Waals surface area contributed by atoms with E-state index < -0.39 is 37.8 Å². The van der Waals surface area contributed by atoms with Crippen molar-refractivity contribution in [3.05, 3.63) is 251 Å². The molecule has 0 amide bonds. The van der Waals surface area contributed by atoms with E-state index in [-0.39, 0.29) is 24.6 Å². The fraction of sp³-hybridized carbons (Fsp3) is 0.241. The fourth-order valence-corrected chi connectivity index (χ4v) is 11.5. The summed E-state index contributed by atoms with van der Waals surface area (Å²) < 4.78 is 49.1. The van der Waals surface area contributed by atoms with Crippen LogP contribution in [0, 0.1) is 5.92 Å². The van der Waals surface area contributed by atoms with Gasteiger partial charge in [0.15, 0.2) is 28.8 Å². The number of ether oxygens (including phenoxy) is 4. The third kappa shape index (κ3) is 8.60. The molecular formula is C58H53N2O7P. The normalized spacial score (nSPS) is 22.6. The van der Waals surface area contributed by atoms with Crippen molar-refractivity contribution in [3.8, 4) is 0 Å². The summed E-state index contributed by atoms with van der Waals surface area (Å²) in [5.74, 6) is 0.00259. The average Bonchev–Trinajstić information content (AvgIpc) is 4.16. The summed E-state index contributed by atoms with van der Waals surface area (Å²) in [6.07, 6.45) is -0.800. The monoisotopic (exact) mass is 920 g/mol. The lowest BCUT2D eigenvalue weighted by molar-refractivity contribution is -0.176. The zero-order valence-electron chi connectivity index (χ0n) is 38.0. The first-order chi connectivity index (χ1) is 33.4. The van der Waals surface area contributed by atoms with Gasteiger partial charge < -0.3 is 23.5 Å². The van der Waals surface area contributed by atoms with Gasteiger partial charge in [0.2, 0.25) is 0 Å². The van der Waals surface area contributed by atoms with Crippen molar-refractivity contribution in [1.82, 2.24) is 0 Å². The Bertz CT molecular complexity index is 2590. The Labute approximate surface area is 399 Å². The van der Waals surface area contributed by atoms with Crippen molar-refractivity contribution in [2.24, 2.45) is 15.9 Å². The zero-order valence-corrected chi connectivity index (χ0v) is 38.9. The van der Waals surface area contributed by atoms with Gasteiger partial charge in [-0.05, 0) is 64.8 Å². The van der Waals surface area contributed by atoms with Crippen molar-refractivity contribution >= 4 is 20.4 Å². The molecule has 0 radical (unpaired) electrons. The van der Waals surface area contributed by atoms with Crippen molar-refractivity contribution in [3.63, 3.8) is 0 Å². The summed E-state index contributed by atoms with van der Waals surface area (Å²) in [6.45, 7) is 5.06. The molecule has 11 rings (SSSR count). The van der Waals surface area contributed by atoms with E-state index in [0.29, 0.717) is 31.4 Å². The smallest absolute Gasteiger partial charge is 0.335 e. The second-order valence-electron chi connectivity index (χ2n) is 18.1. The molecule has 2 saturated heterocycles. The third-order valence-corrected chi connectivity index (χ3v) is 14.5. The van der Waals surface area contributed by atoms with Crippen LogP contribution in [0.15, 0.2) is 216 Å². The van der Waals surface area contributed by atoms with Crippen molar-refractivity contribution in [2.45, 2.75) is 68.2 Å².